The summed E-state index contributed by atoms with van der Waals surface area (Å²) in [7, 11) is 0. The SMILES string of the molecule is CCNc1cc(Oc2ccc3c(c2)CCC3)nc(N)n1. The molecule has 0 aliphatic heterocycles. The second-order valence-corrected chi connectivity index (χ2v) is 4.87. The van der Waals surface area contributed by atoms with E-state index in [1.807, 2.05) is 13.0 Å². The van der Waals surface area contributed by atoms with E-state index in [9.17, 15) is 0 Å². The number of nitrogens with one attached hydrogen (secondary N) is 1. The number of aryl methyl sites for hydroxylation is 2. The van der Waals surface area contributed by atoms with Gasteiger partial charge in [0.05, 0.1) is 0 Å². The molecule has 0 amide bonds. The van der Waals surface area contributed by atoms with Gasteiger partial charge in [-0.05, 0) is 49.4 Å². The van der Waals surface area contributed by atoms with Gasteiger partial charge >= 0.3 is 0 Å². The molecule has 0 radical (unpaired) electrons. The summed E-state index contributed by atoms with van der Waals surface area (Å²) in [5.41, 5.74) is 8.49. The van der Waals surface area contributed by atoms with Crippen LogP contribution in [0.3, 0.4) is 0 Å². The molecule has 5 heteroatoms. The monoisotopic (exact) mass is 270 g/mol. The van der Waals surface area contributed by atoms with Crippen molar-refractivity contribution in [1.29, 1.82) is 0 Å². The van der Waals surface area contributed by atoms with Crippen LogP contribution in [0, 0.1) is 0 Å². The summed E-state index contributed by atoms with van der Waals surface area (Å²) in [4.78, 5) is 8.21. The Morgan fingerprint density at radius 2 is 2.05 bits per heavy atom. The van der Waals surface area contributed by atoms with Crippen LogP contribution in [-0.4, -0.2) is 16.5 Å². The number of hydrogen-bond donors (Lipinski definition) is 2. The molecule has 0 saturated heterocycles. The third-order valence-electron chi connectivity index (χ3n) is 3.37. The van der Waals surface area contributed by atoms with E-state index in [1.165, 1.54) is 24.0 Å². The molecule has 1 aromatic heterocycles. The summed E-state index contributed by atoms with van der Waals surface area (Å²) >= 11 is 0. The van der Waals surface area contributed by atoms with Crippen molar-refractivity contribution in [1.82, 2.24) is 9.97 Å². The molecule has 0 fully saturated rings. The van der Waals surface area contributed by atoms with Gasteiger partial charge in [0.15, 0.2) is 0 Å². The maximum Gasteiger partial charge on any atom is 0.226 e. The van der Waals surface area contributed by atoms with Crippen molar-refractivity contribution in [2.75, 3.05) is 17.6 Å². The predicted octanol–water partition coefficient (Wildman–Crippen LogP) is 2.77. The Labute approximate surface area is 118 Å². The zero-order chi connectivity index (χ0) is 13.9. The highest BCUT2D eigenvalue weighted by molar-refractivity contribution is 5.45. The standard InChI is InChI=1S/C15H18N4O/c1-2-17-13-9-14(19-15(16)18-13)20-12-7-6-10-4-3-5-11(10)8-12/h6-9H,2-5H2,1H3,(H3,16,17,18,19). The van der Waals surface area contributed by atoms with Crippen LogP contribution >= 0.6 is 0 Å². The van der Waals surface area contributed by atoms with Crippen LogP contribution in [0.2, 0.25) is 0 Å². The Morgan fingerprint density at radius 1 is 1.20 bits per heavy atom. The van der Waals surface area contributed by atoms with Crippen molar-refractivity contribution in [3.05, 3.63) is 35.4 Å². The number of aromatic nitrogens is 2. The van der Waals surface area contributed by atoms with Gasteiger partial charge in [-0.2, -0.15) is 9.97 Å². The molecule has 1 aromatic carbocycles. The van der Waals surface area contributed by atoms with Crippen LogP contribution in [0.5, 0.6) is 11.6 Å². The van der Waals surface area contributed by atoms with Crippen LogP contribution in [0.25, 0.3) is 0 Å². The first-order valence-electron chi connectivity index (χ1n) is 6.92. The Morgan fingerprint density at radius 3 is 2.90 bits per heavy atom. The molecular formula is C15H18N4O. The number of ether oxygens (including phenoxy) is 1. The minimum atomic E-state index is 0.208. The number of rotatable bonds is 4. The zero-order valence-corrected chi connectivity index (χ0v) is 11.5. The molecule has 5 nitrogen and oxygen atoms in total. The predicted molar refractivity (Wildman–Crippen MR) is 79.1 cm³/mol. The van der Waals surface area contributed by atoms with Crippen LogP contribution in [0.1, 0.15) is 24.5 Å². The van der Waals surface area contributed by atoms with Crippen LogP contribution in [0.15, 0.2) is 24.3 Å². The molecule has 3 N–H and O–H groups in total. The number of fused-ring (bicyclic) bond motifs is 1. The summed E-state index contributed by atoms with van der Waals surface area (Å²) < 4.78 is 5.80. The molecule has 104 valence electrons. The van der Waals surface area contributed by atoms with Crippen molar-refractivity contribution in [3.8, 4) is 11.6 Å². The summed E-state index contributed by atoms with van der Waals surface area (Å²) in [5, 5.41) is 3.11. The third kappa shape index (κ3) is 2.66. The van der Waals surface area contributed by atoms with Crippen molar-refractivity contribution in [2.24, 2.45) is 0 Å². The largest absolute Gasteiger partial charge is 0.439 e. The van der Waals surface area contributed by atoms with E-state index in [0.29, 0.717) is 11.7 Å². The topological polar surface area (TPSA) is 73.1 Å². The smallest absolute Gasteiger partial charge is 0.226 e. The quantitative estimate of drug-likeness (QED) is 0.893. The Hall–Kier alpha value is -2.30. The molecular weight excluding hydrogens is 252 g/mol. The number of nitrogens with two attached hydrogens (primary N) is 1. The molecule has 0 spiro atoms. The average Bonchev–Trinajstić information content (AvgIpc) is 2.85. The van der Waals surface area contributed by atoms with Gasteiger partial charge in [0.25, 0.3) is 0 Å². The van der Waals surface area contributed by atoms with Crippen LogP contribution in [0.4, 0.5) is 11.8 Å². The fraction of sp³-hybridized carbons (Fsp3) is 0.333. The Kier molecular flexibility index (Phi) is 3.41. The molecule has 0 atom stereocenters. The molecule has 0 saturated carbocycles. The third-order valence-corrected chi connectivity index (χ3v) is 3.37. The van der Waals surface area contributed by atoms with Gasteiger partial charge in [-0.15, -0.1) is 0 Å². The summed E-state index contributed by atoms with van der Waals surface area (Å²) in [6.45, 7) is 2.77. The highest BCUT2D eigenvalue weighted by Crippen LogP contribution is 2.29. The number of anilines is 2. The highest BCUT2D eigenvalue weighted by atomic mass is 16.5. The second-order valence-electron chi connectivity index (χ2n) is 4.87. The summed E-state index contributed by atoms with van der Waals surface area (Å²) in [6.07, 6.45) is 3.52. The lowest BCUT2D eigenvalue weighted by Crippen LogP contribution is -2.04. The maximum atomic E-state index is 5.80. The summed E-state index contributed by atoms with van der Waals surface area (Å²) in [6, 6.07) is 7.96. The van der Waals surface area contributed by atoms with Gasteiger partial charge in [-0.1, -0.05) is 6.07 Å². The molecule has 3 rings (SSSR count). The van der Waals surface area contributed by atoms with Gasteiger partial charge in [0, 0.05) is 12.6 Å². The lowest BCUT2D eigenvalue weighted by atomic mass is 10.1. The van der Waals surface area contributed by atoms with Crippen molar-refractivity contribution >= 4 is 11.8 Å². The van der Waals surface area contributed by atoms with E-state index in [1.54, 1.807) is 6.07 Å². The number of nitrogen functional groups attached to an aromatic ring is 1. The molecule has 1 heterocycles. The van der Waals surface area contributed by atoms with E-state index in [-0.39, 0.29) is 5.95 Å². The molecule has 20 heavy (non-hydrogen) atoms. The fourth-order valence-corrected chi connectivity index (χ4v) is 2.50. The lowest BCUT2D eigenvalue weighted by molar-refractivity contribution is 0.462. The van der Waals surface area contributed by atoms with Crippen LogP contribution in [-0.2, 0) is 12.8 Å². The molecule has 1 aliphatic carbocycles. The number of nitrogens with zero attached hydrogens (tertiary/aromatic N) is 2. The van der Waals surface area contributed by atoms with E-state index >= 15 is 0 Å². The highest BCUT2D eigenvalue weighted by Gasteiger charge is 2.12. The van der Waals surface area contributed by atoms with E-state index in [4.69, 9.17) is 10.5 Å². The van der Waals surface area contributed by atoms with Crippen molar-refractivity contribution < 1.29 is 4.74 Å². The van der Waals surface area contributed by atoms with Gasteiger partial charge in [-0.25, -0.2) is 0 Å². The fourth-order valence-electron chi connectivity index (χ4n) is 2.50. The average molecular weight is 270 g/mol. The van der Waals surface area contributed by atoms with E-state index in [0.717, 1.165) is 18.7 Å². The normalized spacial score (nSPS) is 13.1. The second kappa shape index (κ2) is 5.36. The first-order chi connectivity index (χ1) is 9.74. The Bertz CT molecular complexity index is 627. The number of hydrogen-bond acceptors (Lipinski definition) is 5. The first kappa shape index (κ1) is 12.7. The van der Waals surface area contributed by atoms with Gasteiger partial charge in [0.1, 0.15) is 11.6 Å². The van der Waals surface area contributed by atoms with Crippen molar-refractivity contribution in [2.45, 2.75) is 26.2 Å². The maximum absolute atomic E-state index is 5.80. The first-order valence-corrected chi connectivity index (χ1v) is 6.92. The Balaban J connectivity index is 1.83. The molecule has 0 bridgehead atoms. The molecule has 0 unspecified atom stereocenters. The molecule has 2 aromatic rings. The lowest BCUT2D eigenvalue weighted by Gasteiger charge is -2.09. The van der Waals surface area contributed by atoms with Gasteiger partial charge in [-0.3, -0.25) is 0 Å². The minimum Gasteiger partial charge on any atom is -0.439 e. The summed E-state index contributed by atoms with van der Waals surface area (Å²) in [5.74, 6) is 2.15. The van der Waals surface area contributed by atoms with E-state index in [2.05, 4.69) is 27.4 Å². The van der Waals surface area contributed by atoms with E-state index < -0.39 is 0 Å². The van der Waals surface area contributed by atoms with Crippen LogP contribution < -0.4 is 15.8 Å². The zero-order valence-electron chi connectivity index (χ0n) is 11.5. The molecule has 1 aliphatic rings. The minimum absolute atomic E-state index is 0.208. The van der Waals surface area contributed by atoms with Crippen molar-refractivity contribution in [3.63, 3.8) is 0 Å². The number of benzene rings is 1. The van der Waals surface area contributed by atoms with Gasteiger partial charge in [0.2, 0.25) is 11.8 Å². The van der Waals surface area contributed by atoms with Gasteiger partial charge < -0.3 is 15.8 Å².